The molecule has 0 bridgehead atoms. The van der Waals surface area contributed by atoms with Crippen LogP contribution in [0.5, 0.6) is 0 Å². The van der Waals surface area contributed by atoms with E-state index in [1.807, 2.05) is 23.1 Å². The van der Waals surface area contributed by atoms with Crippen molar-refractivity contribution in [2.24, 2.45) is 5.73 Å². The van der Waals surface area contributed by atoms with Crippen LogP contribution in [0.15, 0.2) is 54.6 Å². The number of hydrogen-bond acceptors (Lipinski definition) is 3. The van der Waals surface area contributed by atoms with Gasteiger partial charge in [-0.3, -0.25) is 9.69 Å². The maximum absolute atomic E-state index is 12.7. The summed E-state index contributed by atoms with van der Waals surface area (Å²) in [4.78, 5) is 27.7. The van der Waals surface area contributed by atoms with Gasteiger partial charge in [-0.25, -0.2) is 4.79 Å². The zero-order chi connectivity index (χ0) is 18.4. The summed E-state index contributed by atoms with van der Waals surface area (Å²) in [6.07, 6.45) is 0. The number of nitrogens with one attached hydrogen (secondary N) is 1. The third kappa shape index (κ3) is 4.83. The summed E-state index contributed by atoms with van der Waals surface area (Å²) in [5.74, 6) is 0.0544. The van der Waals surface area contributed by atoms with Crippen molar-refractivity contribution in [3.05, 3.63) is 71.3 Å². The molecule has 0 atom stereocenters. The average molecular weight is 352 g/mol. The molecule has 0 aliphatic carbocycles. The second-order valence-electron chi connectivity index (χ2n) is 6.47. The Morgan fingerprint density at radius 3 is 2.15 bits per heavy atom. The Balaban J connectivity index is 1.51. The van der Waals surface area contributed by atoms with Crippen LogP contribution in [0.1, 0.15) is 21.5 Å². The van der Waals surface area contributed by atoms with Crippen molar-refractivity contribution in [3.63, 3.8) is 0 Å². The fourth-order valence-corrected chi connectivity index (χ4v) is 3.09. The largest absolute Gasteiger partial charge is 0.352 e. The molecule has 6 heteroatoms. The molecule has 2 aromatic rings. The molecule has 0 aromatic heterocycles. The first-order chi connectivity index (χ1) is 12.6. The van der Waals surface area contributed by atoms with Crippen LogP contribution in [-0.4, -0.2) is 47.9 Å². The summed E-state index contributed by atoms with van der Waals surface area (Å²) in [6, 6.07) is 17.1. The van der Waals surface area contributed by atoms with Gasteiger partial charge in [0.2, 0.25) is 0 Å². The molecule has 0 spiro atoms. The number of nitrogens with zero attached hydrogens (tertiary/aromatic N) is 2. The van der Waals surface area contributed by atoms with Crippen molar-refractivity contribution in [1.82, 2.24) is 15.1 Å². The van der Waals surface area contributed by atoms with E-state index in [9.17, 15) is 9.59 Å². The number of rotatable bonds is 5. The quantitative estimate of drug-likeness (QED) is 0.861. The minimum absolute atomic E-state index is 0.0544. The van der Waals surface area contributed by atoms with Crippen molar-refractivity contribution >= 4 is 11.9 Å². The lowest BCUT2D eigenvalue weighted by atomic mass is 10.1. The third-order valence-electron chi connectivity index (χ3n) is 4.58. The van der Waals surface area contributed by atoms with Crippen molar-refractivity contribution in [1.29, 1.82) is 0 Å². The van der Waals surface area contributed by atoms with Gasteiger partial charge in [-0.05, 0) is 23.3 Å². The highest BCUT2D eigenvalue weighted by Crippen LogP contribution is 2.12. The molecule has 2 aromatic carbocycles. The van der Waals surface area contributed by atoms with E-state index in [2.05, 4.69) is 34.5 Å². The lowest BCUT2D eigenvalue weighted by Crippen LogP contribution is -2.48. The van der Waals surface area contributed by atoms with E-state index < -0.39 is 6.03 Å². The Bertz CT molecular complexity index is 738. The maximum atomic E-state index is 12.7. The van der Waals surface area contributed by atoms with Crippen LogP contribution in [0.2, 0.25) is 0 Å². The monoisotopic (exact) mass is 352 g/mol. The summed E-state index contributed by atoms with van der Waals surface area (Å²) in [6.45, 7) is 4.50. The van der Waals surface area contributed by atoms with Gasteiger partial charge in [0.15, 0.2) is 0 Å². The van der Waals surface area contributed by atoms with Gasteiger partial charge in [-0.15, -0.1) is 0 Å². The van der Waals surface area contributed by atoms with Crippen LogP contribution in [0, 0.1) is 0 Å². The Morgan fingerprint density at radius 2 is 1.54 bits per heavy atom. The van der Waals surface area contributed by atoms with Crippen LogP contribution in [0.4, 0.5) is 4.79 Å². The highest BCUT2D eigenvalue weighted by Gasteiger charge is 2.22. The summed E-state index contributed by atoms with van der Waals surface area (Å²) >= 11 is 0. The molecular formula is C20H24N4O2. The number of carbonyl (C=O) groups is 2. The molecule has 26 heavy (non-hydrogen) atoms. The first-order valence-corrected chi connectivity index (χ1v) is 8.79. The van der Waals surface area contributed by atoms with E-state index >= 15 is 0 Å². The van der Waals surface area contributed by atoms with Gasteiger partial charge in [0, 0.05) is 44.8 Å². The highest BCUT2D eigenvalue weighted by molar-refractivity contribution is 5.94. The van der Waals surface area contributed by atoms with Gasteiger partial charge in [0.25, 0.3) is 5.91 Å². The molecule has 3 amide bonds. The predicted octanol–water partition coefficient (Wildman–Crippen LogP) is 1.81. The van der Waals surface area contributed by atoms with Gasteiger partial charge in [0.05, 0.1) is 0 Å². The van der Waals surface area contributed by atoms with Gasteiger partial charge < -0.3 is 16.0 Å². The van der Waals surface area contributed by atoms with Crippen molar-refractivity contribution < 1.29 is 9.59 Å². The molecule has 0 saturated carbocycles. The van der Waals surface area contributed by atoms with Crippen LogP contribution in [-0.2, 0) is 13.1 Å². The van der Waals surface area contributed by atoms with E-state index in [1.165, 1.54) is 5.56 Å². The first-order valence-electron chi connectivity index (χ1n) is 8.79. The second-order valence-corrected chi connectivity index (χ2v) is 6.47. The molecule has 136 valence electrons. The van der Waals surface area contributed by atoms with Crippen LogP contribution in [0.3, 0.4) is 0 Å². The van der Waals surface area contributed by atoms with Crippen LogP contribution < -0.4 is 11.1 Å². The molecule has 3 N–H and O–H groups in total. The zero-order valence-corrected chi connectivity index (χ0v) is 14.7. The number of piperazine rings is 1. The fraction of sp³-hybridized carbons (Fsp3) is 0.300. The van der Waals surface area contributed by atoms with E-state index in [0.29, 0.717) is 12.1 Å². The highest BCUT2D eigenvalue weighted by atomic mass is 16.2. The van der Waals surface area contributed by atoms with Crippen LogP contribution in [0.25, 0.3) is 0 Å². The number of primary amides is 1. The lowest BCUT2D eigenvalue weighted by Gasteiger charge is -2.34. The number of carbonyl (C=O) groups excluding carboxylic acids is 2. The molecule has 0 radical (unpaired) electrons. The molecule has 1 aliphatic rings. The first kappa shape index (κ1) is 17.9. The standard InChI is InChI=1S/C20H24N4O2/c21-20(26)22-14-16-6-8-18(9-7-16)19(25)24-12-10-23(11-13-24)15-17-4-2-1-3-5-17/h1-9H,10-15H2,(H3,21,22,26). The van der Waals surface area contributed by atoms with Crippen molar-refractivity contribution in [2.45, 2.75) is 13.1 Å². The van der Waals surface area contributed by atoms with E-state index in [1.54, 1.807) is 12.1 Å². The molecule has 3 rings (SSSR count). The fourth-order valence-electron chi connectivity index (χ4n) is 3.09. The van der Waals surface area contributed by atoms with Crippen molar-refractivity contribution in [2.75, 3.05) is 26.2 Å². The van der Waals surface area contributed by atoms with Gasteiger partial charge in [-0.2, -0.15) is 0 Å². The normalized spacial score (nSPS) is 14.8. The topological polar surface area (TPSA) is 78.7 Å². The van der Waals surface area contributed by atoms with Gasteiger partial charge >= 0.3 is 6.03 Å². The smallest absolute Gasteiger partial charge is 0.312 e. The molecule has 0 unspecified atom stereocenters. The molecule has 1 heterocycles. The maximum Gasteiger partial charge on any atom is 0.312 e. The summed E-state index contributed by atoms with van der Waals surface area (Å²) in [5.41, 5.74) is 7.94. The predicted molar refractivity (Wildman–Crippen MR) is 100 cm³/mol. The number of urea groups is 1. The number of amides is 3. The Kier molecular flexibility index (Phi) is 5.86. The Labute approximate surface area is 153 Å². The average Bonchev–Trinajstić information content (AvgIpc) is 2.68. The second kappa shape index (κ2) is 8.49. The number of benzene rings is 2. The SMILES string of the molecule is NC(=O)NCc1ccc(C(=O)N2CCN(Cc3ccccc3)CC2)cc1. The number of hydrogen-bond donors (Lipinski definition) is 2. The van der Waals surface area contributed by atoms with E-state index in [-0.39, 0.29) is 5.91 Å². The molecule has 1 saturated heterocycles. The number of nitrogens with two attached hydrogens (primary N) is 1. The Hall–Kier alpha value is -2.86. The molecule has 6 nitrogen and oxygen atoms in total. The molecule has 1 fully saturated rings. The lowest BCUT2D eigenvalue weighted by molar-refractivity contribution is 0.0628. The third-order valence-corrected chi connectivity index (χ3v) is 4.58. The molecular weight excluding hydrogens is 328 g/mol. The summed E-state index contributed by atoms with van der Waals surface area (Å²) in [7, 11) is 0. The zero-order valence-electron chi connectivity index (χ0n) is 14.7. The minimum atomic E-state index is -0.557. The van der Waals surface area contributed by atoms with E-state index in [0.717, 1.165) is 38.3 Å². The van der Waals surface area contributed by atoms with Gasteiger partial charge in [0.1, 0.15) is 0 Å². The molecule has 1 aliphatic heterocycles. The van der Waals surface area contributed by atoms with Crippen LogP contribution >= 0.6 is 0 Å². The Morgan fingerprint density at radius 1 is 0.885 bits per heavy atom. The minimum Gasteiger partial charge on any atom is -0.352 e. The summed E-state index contributed by atoms with van der Waals surface area (Å²) < 4.78 is 0. The van der Waals surface area contributed by atoms with Crippen molar-refractivity contribution in [3.8, 4) is 0 Å². The van der Waals surface area contributed by atoms with E-state index in [4.69, 9.17) is 5.73 Å². The summed E-state index contributed by atoms with van der Waals surface area (Å²) in [5, 5.41) is 2.54. The van der Waals surface area contributed by atoms with Gasteiger partial charge in [-0.1, -0.05) is 42.5 Å².